The lowest BCUT2D eigenvalue weighted by Gasteiger charge is -2.09. The van der Waals surface area contributed by atoms with E-state index in [4.69, 9.17) is 10.5 Å². The van der Waals surface area contributed by atoms with Gasteiger partial charge in [-0.15, -0.1) is 0 Å². The van der Waals surface area contributed by atoms with Crippen molar-refractivity contribution in [2.24, 2.45) is 0 Å². The highest BCUT2D eigenvalue weighted by Gasteiger charge is 2.13. The van der Waals surface area contributed by atoms with Crippen LogP contribution in [0.1, 0.15) is 17.3 Å². The third-order valence-electron chi connectivity index (χ3n) is 2.62. The topological polar surface area (TPSA) is 77.2 Å². The number of nitrogens with two attached hydrogens (primary N) is 1. The van der Waals surface area contributed by atoms with Gasteiger partial charge in [-0.05, 0) is 41.1 Å². The summed E-state index contributed by atoms with van der Waals surface area (Å²) in [4.78, 5) is 16.2. The van der Waals surface area contributed by atoms with E-state index in [1.807, 2.05) is 6.92 Å². The SMILES string of the molecule is CCOc1ccc(NC(=O)c2cc(N)c(F)cc2Br)cn1. The van der Waals surface area contributed by atoms with Crippen LogP contribution in [0.3, 0.4) is 0 Å². The number of pyridine rings is 1. The number of hydrogen-bond donors (Lipinski definition) is 2. The summed E-state index contributed by atoms with van der Waals surface area (Å²) >= 11 is 3.14. The number of nitrogen functional groups attached to an aromatic ring is 1. The van der Waals surface area contributed by atoms with Crippen molar-refractivity contribution < 1.29 is 13.9 Å². The van der Waals surface area contributed by atoms with Crippen LogP contribution in [-0.4, -0.2) is 17.5 Å². The van der Waals surface area contributed by atoms with Crippen LogP contribution in [0.5, 0.6) is 5.88 Å². The Morgan fingerprint density at radius 3 is 2.86 bits per heavy atom. The first-order valence-corrected chi connectivity index (χ1v) is 6.95. The Morgan fingerprint density at radius 2 is 2.24 bits per heavy atom. The van der Waals surface area contributed by atoms with Gasteiger partial charge in [0.15, 0.2) is 0 Å². The maximum atomic E-state index is 13.3. The Morgan fingerprint density at radius 1 is 1.48 bits per heavy atom. The van der Waals surface area contributed by atoms with E-state index in [1.54, 1.807) is 12.1 Å². The minimum Gasteiger partial charge on any atom is -0.478 e. The molecule has 0 unspecified atom stereocenters. The molecule has 0 aliphatic carbocycles. The van der Waals surface area contributed by atoms with Crippen LogP contribution < -0.4 is 15.8 Å². The van der Waals surface area contributed by atoms with Gasteiger partial charge in [-0.1, -0.05) is 0 Å². The van der Waals surface area contributed by atoms with E-state index in [2.05, 4.69) is 26.2 Å². The molecule has 1 aromatic heterocycles. The number of carbonyl (C=O) groups excluding carboxylic acids is 1. The number of halogens is 2. The second kappa shape index (κ2) is 6.53. The summed E-state index contributed by atoms with van der Waals surface area (Å²) in [5, 5.41) is 2.65. The average molecular weight is 354 g/mol. The highest BCUT2D eigenvalue weighted by molar-refractivity contribution is 9.10. The highest BCUT2D eigenvalue weighted by Crippen LogP contribution is 2.24. The van der Waals surface area contributed by atoms with Crippen molar-refractivity contribution in [3.63, 3.8) is 0 Å². The quantitative estimate of drug-likeness (QED) is 0.827. The second-order valence-corrected chi connectivity index (χ2v) is 4.98. The zero-order chi connectivity index (χ0) is 15.4. The van der Waals surface area contributed by atoms with E-state index >= 15 is 0 Å². The number of carbonyl (C=O) groups is 1. The lowest BCUT2D eigenvalue weighted by atomic mass is 10.2. The first-order chi connectivity index (χ1) is 10.0. The lowest BCUT2D eigenvalue weighted by Crippen LogP contribution is -2.13. The van der Waals surface area contributed by atoms with Crippen LogP contribution in [-0.2, 0) is 0 Å². The van der Waals surface area contributed by atoms with Crippen molar-refractivity contribution in [2.75, 3.05) is 17.7 Å². The standard InChI is InChI=1S/C14H13BrFN3O2/c1-2-21-13-4-3-8(7-18-13)19-14(20)9-5-12(17)11(16)6-10(9)15/h3-7H,2,17H2,1H3,(H,19,20). The normalized spacial score (nSPS) is 10.2. The molecule has 21 heavy (non-hydrogen) atoms. The van der Waals surface area contributed by atoms with Crippen LogP contribution in [0, 0.1) is 5.82 Å². The van der Waals surface area contributed by atoms with Gasteiger partial charge in [0.2, 0.25) is 5.88 Å². The van der Waals surface area contributed by atoms with Crippen LogP contribution in [0.25, 0.3) is 0 Å². The Balaban J connectivity index is 2.16. The summed E-state index contributed by atoms with van der Waals surface area (Å²) in [6.45, 7) is 2.37. The molecule has 7 heteroatoms. The fourth-order valence-electron chi connectivity index (χ4n) is 1.63. The number of rotatable bonds is 4. The fourth-order valence-corrected chi connectivity index (χ4v) is 2.12. The number of hydrogen-bond acceptors (Lipinski definition) is 4. The summed E-state index contributed by atoms with van der Waals surface area (Å²) < 4.78 is 18.8. The van der Waals surface area contributed by atoms with E-state index in [0.29, 0.717) is 22.6 Å². The lowest BCUT2D eigenvalue weighted by molar-refractivity contribution is 0.102. The Labute approximate surface area is 129 Å². The zero-order valence-electron chi connectivity index (χ0n) is 11.2. The predicted octanol–water partition coefficient (Wildman–Crippen LogP) is 3.22. The zero-order valence-corrected chi connectivity index (χ0v) is 12.8. The predicted molar refractivity (Wildman–Crippen MR) is 81.9 cm³/mol. The molecule has 0 bridgehead atoms. The van der Waals surface area contributed by atoms with Gasteiger partial charge in [-0.3, -0.25) is 4.79 Å². The monoisotopic (exact) mass is 353 g/mol. The van der Waals surface area contributed by atoms with Crippen molar-refractivity contribution in [1.29, 1.82) is 0 Å². The molecule has 0 aliphatic rings. The maximum absolute atomic E-state index is 13.3. The van der Waals surface area contributed by atoms with Gasteiger partial charge in [-0.2, -0.15) is 0 Å². The van der Waals surface area contributed by atoms with Crippen molar-refractivity contribution in [1.82, 2.24) is 4.98 Å². The smallest absolute Gasteiger partial charge is 0.256 e. The van der Waals surface area contributed by atoms with E-state index < -0.39 is 11.7 Å². The molecule has 0 fully saturated rings. The summed E-state index contributed by atoms with van der Waals surface area (Å²) in [5.41, 5.74) is 6.12. The molecule has 0 atom stereocenters. The van der Waals surface area contributed by atoms with E-state index in [1.165, 1.54) is 12.3 Å². The molecule has 0 saturated heterocycles. The highest BCUT2D eigenvalue weighted by atomic mass is 79.9. The number of nitrogens with zero attached hydrogens (tertiary/aromatic N) is 1. The number of ether oxygens (including phenoxy) is 1. The van der Waals surface area contributed by atoms with Crippen LogP contribution in [0.2, 0.25) is 0 Å². The summed E-state index contributed by atoms with van der Waals surface area (Å²) in [6, 6.07) is 5.74. The summed E-state index contributed by atoms with van der Waals surface area (Å²) in [6.07, 6.45) is 1.48. The molecule has 0 saturated carbocycles. The average Bonchev–Trinajstić information content (AvgIpc) is 2.45. The summed E-state index contributed by atoms with van der Waals surface area (Å²) in [7, 11) is 0. The second-order valence-electron chi connectivity index (χ2n) is 4.13. The number of aromatic nitrogens is 1. The first-order valence-electron chi connectivity index (χ1n) is 6.16. The molecule has 1 amide bonds. The van der Waals surface area contributed by atoms with Crippen LogP contribution in [0.4, 0.5) is 15.8 Å². The Kier molecular flexibility index (Phi) is 4.74. The first kappa shape index (κ1) is 15.2. The molecule has 2 aromatic rings. The molecular weight excluding hydrogens is 341 g/mol. The Bertz CT molecular complexity index is 662. The summed E-state index contributed by atoms with van der Waals surface area (Å²) in [5.74, 6) is -0.525. The van der Waals surface area contributed by atoms with Crippen LogP contribution >= 0.6 is 15.9 Å². The van der Waals surface area contributed by atoms with Crippen LogP contribution in [0.15, 0.2) is 34.9 Å². The van der Waals surface area contributed by atoms with E-state index in [0.717, 1.165) is 6.07 Å². The van der Waals surface area contributed by atoms with E-state index in [9.17, 15) is 9.18 Å². The number of nitrogens with one attached hydrogen (secondary N) is 1. The van der Waals surface area contributed by atoms with Crippen molar-refractivity contribution >= 4 is 33.2 Å². The van der Waals surface area contributed by atoms with Gasteiger partial charge in [0.25, 0.3) is 5.91 Å². The minimum atomic E-state index is -0.582. The van der Waals surface area contributed by atoms with Crippen molar-refractivity contribution in [3.8, 4) is 5.88 Å². The van der Waals surface area contributed by atoms with Gasteiger partial charge in [0.1, 0.15) is 5.82 Å². The van der Waals surface area contributed by atoms with Gasteiger partial charge in [-0.25, -0.2) is 9.37 Å². The van der Waals surface area contributed by atoms with Gasteiger partial charge in [0.05, 0.1) is 29.7 Å². The number of amides is 1. The molecule has 2 rings (SSSR count). The molecule has 1 aromatic carbocycles. The number of benzene rings is 1. The molecule has 0 radical (unpaired) electrons. The molecular formula is C14H13BrFN3O2. The van der Waals surface area contributed by atoms with Crippen molar-refractivity contribution in [3.05, 3.63) is 46.3 Å². The molecule has 5 nitrogen and oxygen atoms in total. The minimum absolute atomic E-state index is 0.0897. The van der Waals surface area contributed by atoms with Crippen molar-refractivity contribution in [2.45, 2.75) is 6.92 Å². The molecule has 3 N–H and O–H groups in total. The molecule has 110 valence electrons. The molecule has 0 aliphatic heterocycles. The molecule has 0 spiro atoms. The third-order valence-corrected chi connectivity index (χ3v) is 3.27. The number of anilines is 2. The van der Waals surface area contributed by atoms with Gasteiger partial charge >= 0.3 is 0 Å². The third kappa shape index (κ3) is 3.69. The fraction of sp³-hybridized carbons (Fsp3) is 0.143. The van der Waals surface area contributed by atoms with Gasteiger partial charge < -0.3 is 15.8 Å². The van der Waals surface area contributed by atoms with E-state index in [-0.39, 0.29) is 11.3 Å². The molecule has 1 heterocycles. The maximum Gasteiger partial charge on any atom is 0.256 e. The largest absolute Gasteiger partial charge is 0.478 e. The Hall–Kier alpha value is -2.15. The van der Waals surface area contributed by atoms with Gasteiger partial charge in [0, 0.05) is 10.5 Å².